The van der Waals surface area contributed by atoms with Crippen LogP contribution in [0.4, 0.5) is 0 Å². The van der Waals surface area contributed by atoms with Crippen LogP contribution in [0.15, 0.2) is 0 Å². The van der Waals surface area contributed by atoms with Crippen molar-refractivity contribution in [1.82, 2.24) is 5.32 Å². The highest BCUT2D eigenvalue weighted by Crippen LogP contribution is 2.20. The second-order valence-corrected chi connectivity index (χ2v) is 5.47. The molecule has 0 aromatic heterocycles. The Hall–Kier alpha value is -0.120. The molecule has 0 amide bonds. The van der Waals surface area contributed by atoms with Gasteiger partial charge in [0.15, 0.2) is 0 Å². The van der Waals surface area contributed by atoms with Gasteiger partial charge < -0.3 is 15.8 Å². The average molecular weight is 226 g/mol. The first-order valence-electron chi connectivity index (χ1n) is 6.89. The summed E-state index contributed by atoms with van der Waals surface area (Å²) >= 11 is 0. The fourth-order valence-corrected chi connectivity index (χ4v) is 2.92. The number of hydrogen-bond donors (Lipinski definition) is 2. The van der Waals surface area contributed by atoms with E-state index in [-0.39, 0.29) is 0 Å². The van der Waals surface area contributed by atoms with Gasteiger partial charge in [-0.2, -0.15) is 0 Å². The van der Waals surface area contributed by atoms with Crippen LogP contribution in [0.25, 0.3) is 0 Å². The highest BCUT2D eigenvalue weighted by Gasteiger charge is 2.25. The van der Waals surface area contributed by atoms with E-state index >= 15 is 0 Å². The van der Waals surface area contributed by atoms with E-state index in [1.54, 1.807) is 0 Å². The first-order chi connectivity index (χ1) is 7.75. The zero-order valence-electron chi connectivity index (χ0n) is 10.5. The van der Waals surface area contributed by atoms with Crippen LogP contribution < -0.4 is 11.1 Å². The summed E-state index contributed by atoms with van der Waals surface area (Å²) < 4.78 is 5.82. The molecule has 1 heterocycles. The molecule has 0 aromatic carbocycles. The molecule has 1 aliphatic carbocycles. The highest BCUT2D eigenvalue weighted by atomic mass is 16.5. The van der Waals surface area contributed by atoms with Crippen LogP contribution in [0, 0.1) is 0 Å². The molecule has 2 aliphatic rings. The first kappa shape index (κ1) is 12.3. The summed E-state index contributed by atoms with van der Waals surface area (Å²) in [7, 11) is 0. The summed E-state index contributed by atoms with van der Waals surface area (Å²) in [5.41, 5.74) is 5.92. The maximum Gasteiger partial charge on any atom is 0.0725 e. The monoisotopic (exact) mass is 226 g/mol. The van der Waals surface area contributed by atoms with Crippen molar-refractivity contribution in [3.63, 3.8) is 0 Å². The summed E-state index contributed by atoms with van der Waals surface area (Å²) in [5.74, 6) is 0. The number of nitrogens with two attached hydrogens (primary N) is 1. The lowest BCUT2D eigenvalue weighted by Crippen LogP contribution is -2.47. The SMILES string of the molecule is CC(NC1CCC(N)CC1)C1CCCCO1. The minimum atomic E-state index is 0.435. The third-order valence-electron chi connectivity index (χ3n) is 4.04. The van der Waals surface area contributed by atoms with Gasteiger partial charge >= 0.3 is 0 Å². The zero-order valence-corrected chi connectivity index (χ0v) is 10.5. The van der Waals surface area contributed by atoms with Crippen molar-refractivity contribution in [1.29, 1.82) is 0 Å². The molecule has 0 aromatic rings. The van der Waals surface area contributed by atoms with Gasteiger partial charge in [0.1, 0.15) is 0 Å². The molecule has 1 saturated carbocycles. The lowest BCUT2D eigenvalue weighted by molar-refractivity contribution is -0.00700. The van der Waals surface area contributed by atoms with Crippen LogP contribution in [-0.2, 0) is 4.74 Å². The molecule has 0 radical (unpaired) electrons. The second kappa shape index (κ2) is 5.99. The Kier molecular flexibility index (Phi) is 4.62. The molecule has 1 saturated heterocycles. The summed E-state index contributed by atoms with van der Waals surface area (Å²) in [6.45, 7) is 3.22. The average Bonchev–Trinajstić information content (AvgIpc) is 2.33. The Morgan fingerprint density at radius 1 is 1.12 bits per heavy atom. The van der Waals surface area contributed by atoms with Crippen LogP contribution in [-0.4, -0.2) is 30.8 Å². The minimum absolute atomic E-state index is 0.435. The largest absolute Gasteiger partial charge is 0.377 e. The molecule has 2 unspecified atom stereocenters. The Balaban J connectivity index is 1.71. The maximum absolute atomic E-state index is 5.92. The summed E-state index contributed by atoms with van der Waals surface area (Å²) in [5, 5.41) is 3.73. The quantitative estimate of drug-likeness (QED) is 0.771. The van der Waals surface area contributed by atoms with Crippen LogP contribution >= 0.6 is 0 Å². The third kappa shape index (κ3) is 3.44. The smallest absolute Gasteiger partial charge is 0.0725 e. The van der Waals surface area contributed by atoms with E-state index in [4.69, 9.17) is 10.5 Å². The summed E-state index contributed by atoms with van der Waals surface area (Å²) in [6, 6.07) is 1.61. The molecule has 2 fully saturated rings. The molecule has 3 nitrogen and oxygen atoms in total. The van der Waals surface area contributed by atoms with Crippen molar-refractivity contribution in [3.05, 3.63) is 0 Å². The molecule has 2 atom stereocenters. The van der Waals surface area contributed by atoms with E-state index in [9.17, 15) is 0 Å². The van der Waals surface area contributed by atoms with E-state index in [1.807, 2.05) is 0 Å². The molecule has 2 rings (SSSR count). The van der Waals surface area contributed by atoms with E-state index in [0.717, 1.165) is 6.61 Å². The topological polar surface area (TPSA) is 47.3 Å². The predicted molar refractivity (Wildman–Crippen MR) is 66.4 cm³/mol. The van der Waals surface area contributed by atoms with E-state index in [1.165, 1.54) is 44.9 Å². The first-order valence-corrected chi connectivity index (χ1v) is 6.89. The second-order valence-electron chi connectivity index (χ2n) is 5.47. The lowest BCUT2D eigenvalue weighted by atomic mass is 9.90. The van der Waals surface area contributed by atoms with Crippen LogP contribution in [0.2, 0.25) is 0 Å². The molecule has 3 N–H and O–H groups in total. The van der Waals surface area contributed by atoms with Gasteiger partial charge in [-0.3, -0.25) is 0 Å². The van der Waals surface area contributed by atoms with Crippen LogP contribution in [0.1, 0.15) is 51.9 Å². The number of nitrogens with one attached hydrogen (secondary N) is 1. The van der Waals surface area contributed by atoms with E-state index in [2.05, 4.69) is 12.2 Å². The number of hydrogen-bond acceptors (Lipinski definition) is 3. The van der Waals surface area contributed by atoms with E-state index in [0.29, 0.717) is 24.2 Å². The van der Waals surface area contributed by atoms with Crippen molar-refractivity contribution in [3.8, 4) is 0 Å². The van der Waals surface area contributed by atoms with Gasteiger partial charge in [-0.15, -0.1) is 0 Å². The normalized spacial score (nSPS) is 38.2. The van der Waals surface area contributed by atoms with E-state index < -0.39 is 0 Å². The Bertz CT molecular complexity index is 196. The van der Waals surface area contributed by atoms with Gasteiger partial charge in [0, 0.05) is 24.7 Å². The highest BCUT2D eigenvalue weighted by molar-refractivity contribution is 4.84. The number of rotatable bonds is 3. The predicted octanol–water partition coefficient (Wildman–Crippen LogP) is 1.80. The minimum Gasteiger partial charge on any atom is -0.377 e. The number of ether oxygens (including phenoxy) is 1. The van der Waals surface area contributed by atoms with Gasteiger partial charge in [-0.1, -0.05) is 0 Å². The van der Waals surface area contributed by atoms with Gasteiger partial charge in [0.2, 0.25) is 0 Å². The molecule has 94 valence electrons. The molecule has 0 spiro atoms. The van der Waals surface area contributed by atoms with Crippen LogP contribution in [0.5, 0.6) is 0 Å². The van der Waals surface area contributed by atoms with Crippen LogP contribution in [0.3, 0.4) is 0 Å². The van der Waals surface area contributed by atoms with Gasteiger partial charge in [0.25, 0.3) is 0 Å². The Morgan fingerprint density at radius 3 is 2.50 bits per heavy atom. The van der Waals surface area contributed by atoms with Gasteiger partial charge in [-0.25, -0.2) is 0 Å². The fourth-order valence-electron chi connectivity index (χ4n) is 2.92. The van der Waals surface area contributed by atoms with Crippen molar-refractivity contribution in [2.24, 2.45) is 5.73 Å². The molecular formula is C13H26N2O. The van der Waals surface area contributed by atoms with Crippen molar-refractivity contribution >= 4 is 0 Å². The van der Waals surface area contributed by atoms with Crippen molar-refractivity contribution in [2.45, 2.75) is 76.1 Å². The lowest BCUT2D eigenvalue weighted by Gasteiger charge is -2.34. The molecule has 1 aliphatic heterocycles. The molecule has 16 heavy (non-hydrogen) atoms. The Labute approximate surface area is 99.1 Å². The standard InChI is InChI=1S/C13H26N2O/c1-10(13-4-2-3-9-16-13)15-12-7-5-11(14)6-8-12/h10-13,15H,2-9,14H2,1H3. The fraction of sp³-hybridized carbons (Fsp3) is 1.00. The van der Waals surface area contributed by atoms with Crippen molar-refractivity contribution in [2.75, 3.05) is 6.61 Å². The molecule has 0 bridgehead atoms. The summed E-state index contributed by atoms with van der Waals surface area (Å²) in [4.78, 5) is 0. The third-order valence-corrected chi connectivity index (χ3v) is 4.04. The molecular weight excluding hydrogens is 200 g/mol. The van der Waals surface area contributed by atoms with Crippen molar-refractivity contribution < 1.29 is 4.74 Å². The van der Waals surface area contributed by atoms with Gasteiger partial charge in [-0.05, 0) is 51.9 Å². The van der Waals surface area contributed by atoms with Gasteiger partial charge in [0.05, 0.1) is 6.10 Å². The summed E-state index contributed by atoms with van der Waals surface area (Å²) in [6.07, 6.45) is 9.04. The Morgan fingerprint density at radius 2 is 1.88 bits per heavy atom. The zero-order chi connectivity index (χ0) is 11.4. The maximum atomic E-state index is 5.92. The molecule has 3 heteroatoms.